The molecule has 150 valence electrons. The van der Waals surface area contributed by atoms with Crippen molar-refractivity contribution in [2.45, 2.75) is 12.5 Å². The van der Waals surface area contributed by atoms with Gasteiger partial charge in [0.2, 0.25) is 0 Å². The maximum atomic E-state index is 12.1. The Hall–Kier alpha value is -2.86. The normalized spacial score (nSPS) is 11.8. The first kappa shape index (κ1) is 21.4. The fourth-order valence-corrected chi connectivity index (χ4v) is 2.91. The van der Waals surface area contributed by atoms with Gasteiger partial charge in [-0.2, -0.15) is 0 Å². The molecule has 2 N–H and O–H groups in total. The van der Waals surface area contributed by atoms with Crippen LogP contribution in [-0.4, -0.2) is 58.0 Å². The van der Waals surface area contributed by atoms with E-state index in [4.69, 9.17) is 0 Å². The molecular weight excluding hydrogens is 352 g/mol. The fourth-order valence-electron chi connectivity index (χ4n) is 2.91. The van der Waals surface area contributed by atoms with E-state index in [0.29, 0.717) is 19.5 Å². The molecule has 0 aliphatic heterocycles. The highest BCUT2D eigenvalue weighted by molar-refractivity contribution is 6.35. The summed E-state index contributed by atoms with van der Waals surface area (Å²) in [5.41, 5.74) is 3.32. The molecule has 0 saturated carbocycles. The van der Waals surface area contributed by atoms with E-state index in [0.717, 1.165) is 16.8 Å². The van der Waals surface area contributed by atoms with Crippen LogP contribution in [-0.2, 0) is 16.0 Å². The van der Waals surface area contributed by atoms with Gasteiger partial charge in [-0.25, -0.2) is 0 Å². The van der Waals surface area contributed by atoms with Gasteiger partial charge in [0.1, 0.15) is 0 Å². The lowest BCUT2D eigenvalue weighted by atomic mass is 10.1. The van der Waals surface area contributed by atoms with Crippen molar-refractivity contribution in [3.05, 3.63) is 65.7 Å². The van der Waals surface area contributed by atoms with Gasteiger partial charge in [0.25, 0.3) is 0 Å². The Morgan fingerprint density at radius 3 is 2.04 bits per heavy atom. The lowest BCUT2D eigenvalue weighted by Gasteiger charge is -2.25. The van der Waals surface area contributed by atoms with E-state index in [2.05, 4.69) is 10.6 Å². The number of amides is 2. The van der Waals surface area contributed by atoms with E-state index >= 15 is 0 Å². The average molecular weight is 383 g/mol. The zero-order valence-electron chi connectivity index (χ0n) is 17.1. The van der Waals surface area contributed by atoms with E-state index in [1.165, 1.54) is 0 Å². The van der Waals surface area contributed by atoms with Crippen LogP contribution in [0.15, 0.2) is 54.6 Å². The van der Waals surface area contributed by atoms with Crippen molar-refractivity contribution in [3.63, 3.8) is 0 Å². The summed E-state index contributed by atoms with van der Waals surface area (Å²) in [5, 5.41) is 5.42. The molecule has 0 aliphatic rings. The maximum Gasteiger partial charge on any atom is 0.309 e. The molecule has 0 aromatic heterocycles. The van der Waals surface area contributed by atoms with Crippen LogP contribution in [0.4, 0.5) is 5.69 Å². The molecule has 0 radical (unpaired) electrons. The van der Waals surface area contributed by atoms with Gasteiger partial charge in [0, 0.05) is 32.9 Å². The van der Waals surface area contributed by atoms with Crippen molar-refractivity contribution in [1.29, 1.82) is 0 Å². The van der Waals surface area contributed by atoms with Crippen LogP contribution in [0.3, 0.4) is 0 Å². The van der Waals surface area contributed by atoms with Crippen LogP contribution in [0.1, 0.15) is 17.2 Å². The van der Waals surface area contributed by atoms with Crippen LogP contribution in [0.5, 0.6) is 0 Å². The molecule has 0 unspecified atom stereocenters. The molecule has 0 saturated heterocycles. The number of hydrogen-bond donors (Lipinski definition) is 2. The van der Waals surface area contributed by atoms with Crippen LogP contribution >= 0.6 is 0 Å². The first-order chi connectivity index (χ1) is 13.4. The van der Waals surface area contributed by atoms with Gasteiger partial charge in [-0.3, -0.25) is 9.59 Å². The van der Waals surface area contributed by atoms with Crippen molar-refractivity contribution in [3.8, 4) is 0 Å². The Morgan fingerprint density at radius 2 is 1.46 bits per heavy atom. The Morgan fingerprint density at radius 1 is 0.857 bits per heavy atom. The van der Waals surface area contributed by atoms with Crippen molar-refractivity contribution < 1.29 is 9.59 Å². The highest BCUT2D eigenvalue weighted by Gasteiger charge is 2.18. The van der Waals surface area contributed by atoms with Crippen molar-refractivity contribution in [1.82, 2.24) is 15.5 Å². The molecule has 2 amide bonds. The lowest BCUT2D eigenvalue weighted by molar-refractivity contribution is -0.139. The second-order valence-electron chi connectivity index (χ2n) is 7.17. The van der Waals surface area contributed by atoms with Crippen molar-refractivity contribution in [2.75, 3.05) is 46.2 Å². The molecule has 0 spiro atoms. The Balaban J connectivity index is 1.84. The van der Waals surface area contributed by atoms with Crippen molar-refractivity contribution in [2.24, 2.45) is 0 Å². The van der Waals surface area contributed by atoms with Gasteiger partial charge in [0.15, 0.2) is 0 Å². The van der Waals surface area contributed by atoms with Crippen LogP contribution in [0, 0.1) is 0 Å². The summed E-state index contributed by atoms with van der Waals surface area (Å²) in [5.74, 6) is -1.21. The molecule has 1 atom stereocenters. The Kier molecular flexibility index (Phi) is 8.02. The molecule has 6 nitrogen and oxygen atoms in total. The first-order valence-corrected chi connectivity index (χ1v) is 9.42. The summed E-state index contributed by atoms with van der Waals surface area (Å²) < 4.78 is 0. The molecule has 0 fully saturated rings. The number of carbonyl (C=O) groups is 2. The third kappa shape index (κ3) is 6.39. The fraction of sp³-hybridized carbons (Fsp3) is 0.364. The minimum atomic E-state index is -0.607. The lowest BCUT2D eigenvalue weighted by Crippen LogP contribution is -2.43. The Labute approximate surface area is 167 Å². The van der Waals surface area contributed by atoms with Gasteiger partial charge in [-0.1, -0.05) is 42.5 Å². The van der Waals surface area contributed by atoms with E-state index in [9.17, 15) is 9.59 Å². The number of carbonyl (C=O) groups excluding carboxylic acids is 2. The maximum absolute atomic E-state index is 12.1. The second kappa shape index (κ2) is 10.5. The summed E-state index contributed by atoms with van der Waals surface area (Å²) in [6.45, 7) is 0.790. The predicted molar refractivity (Wildman–Crippen MR) is 113 cm³/mol. The summed E-state index contributed by atoms with van der Waals surface area (Å²) in [4.78, 5) is 28.2. The van der Waals surface area contributed by atoms with E-state index in [-0.39, 0.29) is 6.04 Å². The topological polar surface area (TPSA) is 64.7 Å². The third-order valence-electron chi connectivity index (χ3n) is 4.62. The van der Waals surface area contributed by atoms with Crippen LogP contribution < -0.4 is 15.5 Å². The number of anilines is 1. The largest absolute Gasteiger partial charge is 0.378 e. The summed E-state index contributed by atoms with van der Waals surface area (Å²) in [6.07, 6.45) is 0.693. The quantitative estimate of drug-likeness (QED) is 0.684. The highest BCUT2D eigenvalue weighted by atomic mass is 16.2. The molecule has 0 heterocycles. The molecule has 2 aromatic rings. The first-order valence-electron chi connectivity index (χ1n) is 9.42. The van der Waals surface area contributed by atoms with Crippen molar-refractivity contribution >= 4 is 17.5 Å². The highest BCUT2D eigenvalue weighted by Crippen LogP contribution is 2.20. The zero-order valence-corrected chi connectivity index (χ0v) is 17.1. The van der Waals surface area contributed by atoms with Gasteiger partial charge in [-0.15, -0.1) is 0 Å². The number of hydrogen-bond acceptors (Lipinski definition) is 4. The predicted octanol–water partition coefficient (Wildman–Crippen LogP) is 1.83. The number of benzene rings is 2. The van der Waals surface area contributed by atoms with E-state index in [1.807, 2.05) is 92.6 Å². The van der Waals surface area contributed by atoms with E-state index in [1.54, 1.807) is 0 Å². The standard InChI is InChI=1S/C22H30N4O2/c1-25(2)19-12-10-18(11-13-19)20(26(3)4)16-24-22(28)21(27)23-15-14-17-8-6-5-7-9-17/h5-13,20H,14-16H2,1-4H3,(H,23,27)(H,24,28)/t20-/m1/s1. The molecule has 6 heteroatoms. The summed E-state index contributed by atoms with van der Waals surface area (Å²) >= 11 is 0. The number of likely N-dealkylation sites (N-methyl/N-ethyl adjacent to an activating group) is 1. The molecule has 2 aromatic carbocycles. The third-order valence-corrected chi connectivity index (χ3v) is 4.62. The average Bonchev–Trinajstić information content (AvgIpc) is 2.68. The molecule has 0 aliphatic carbocycles. The molecule has 28 heavy (non-hydrogen) atoms. The van der Waals surface area contributed by atoms with Gasteiger partial charge in [0.05, 0.1) is 6.04 Å². The second-order valence-corrected chi connectivity index (χ2v) is 7.17. The smallest absolute Gasteiger partial charge is 0.309 e. The van der Waals surface area contributed by atoms with Crippen LogP contribution in [0.2, 0.25) is 0 Å². The van der Waals surface area contributed by atoms with Gasteiger partial charge >= 0.3 is 11.8 Å². The summed E-state index contributed by atoms with van der Waals surface area (Å²) in [6, 6.07) is 18.0. The molecule has 0 bridgehead atoms. The molecule has 2 rings (SSSR count). The Bertz CT molecular complexity index is 758. The zero-order chi connectivity index (χ0) is 20.5. The van der Waals surface area contributed by atoms with E-state index < -0.39 is 11.8 Å². The number of nitrogens with one attached hydrogen (secondary N) is 2. The monoisotopic (exact) mass is 382 g/mol. The molecular formula is C22H30N4O2. The number of rotatable bonds is 8. The number of nitrogens with zero attached hydrogens (tertiary/aromatic N) is 2. The van der Waals surface area contributed by atoms with Crippen LogP contribution in [0.25, 0.3) is 0 Å². The minimum absolute atomic E-state index is 0.0164. The van der Waals surface area contributed by atoms with Gasteiger partial charge < -0.3 is 20.4 Å². The van der Waals surface area contributed by atoms with Gasteiger partial charge in [-0.05, 0) is 43.8 Å². The SMILES string of the molecule is CN(C)c1ccc([C@@H](CNC(=O)C(=O)NCCc2ccccc2)N(C)C)cc1. The minimum Gasteiger partial charge on any atom is -0.378 e. The summed E-state index contributed by atoms with van der Waals surface area (Å²) in [7, 11) is 7.90.